The normalized spacial score (nSPS) is 12.1. The molecule has 0 heterocycles. The van der Waals surface area contributed by atoms with E-state index in [1.807, 2.05) is 30.3 Å². The molecule has 5 nitrogen and oxygen atoms in total. The summed E-state index contributed by atoms with van der Waals surface area (Å²) in [4.78, 5) is 12.0. The Morgan fingerprint density at radius 2 is 1.96 bits per heavy atom. The molecule has 126 valence electrons. The number of benzene rings is 2. The van der Waals surface area contributed by atoms with E-state index in [9.17, 15) is 9.90 Å². The van der Waals surface area contributed by atoms with Gasteiger partial charge in [0, 0.05) is 19.7 Å². The quantitative estimate of drug-likeness (QED) is 0.767. The third-order valence-electron chi connectivity index (χ3n) is 3.55. The van der Waals surface area contributed by atoms with Crippen molar-refractivity contribution in [1.82, 2.24) is 5.32 Å². The van der Waals surface area contributed by atoms with Crippen molar-refractivity contribution in [1.29, 1.82) is 0 Å². The average Bonchev–Trinajstić information content (AvgIpc) is 2.62. The summed E-state index contributed by atoms with van der Waals surface area (Å²) in [5.41, 5.74) is 1.76. The van der Waals surface area contributed by atoms with Gasteiger partial charge >= 0.3 is 0 Å². The lowest BCUT2D eigenvalue weighted by atomic mass is 10.1. The number of ether oxygens (including phenoxy) is 2. The van der Waals surface area contributed by atoms with Crippen molar-refractivity contribution in [3.05, 3.63) is 65.7 Å². The molecular formula is C19H21NO4. The van der Waals surface area contributed by atoms with Gasteiger partial charge in [0.05, 0.1) is 13.2 Å². The molecule has 2 rings (SSSR count). The standard InChI is InChI=1S/C19H21NO4/c1-23-17-12-14(8-10-16(17)21)9-11-19(22)20-13-18(24-2)15-6-4-3-5-7-15/h3-12,18,21H,13H2,1-2H3,(H,20,22)/b11-9+/t18-/m1/s1. The lowest BCUT2D eigenvalue weighted by molar-refractivity contribution is -0.117. The Labute approximate surface area is 141 Å². The monoisotopic (exact) mass is 327 g/mol. The first-order chi connectivity index (χ1) is 11.6. The predicted octanol–water partition coefficient (Wildman–Crippen LogP) is 2.92. The summed E-state index contributed by atoms with van der Waals surface area (Å²) in [7, 11) is 3.09. The first kappa shape index (κ1) is 17.6. The zero-order valence-corrected chi connectivity index (χ0v) is 13.7. The van der Waals surface area contributed by atoms with E-state index in [1.165, 1.54) is 19.3 Å². The second kappa shape index (κ2) is 8.74. The molecule has 0 spiro atoms. The van der Waals surface area contributed by atoms with Crippen molar-refractivity contribution in [3.8, 4) is 11.5 Å². The van der Waals surface area contributed by atoms with Crippen LogP contribution in [-0.4, -0.2) is 31.8 Å². The summed E-state index contributed by atoms with van der Waals surface area (Å²) >= 11 is 0. The summed E-state index contributed by atoms with van der Waals surface area (Å²) < 4.78 is 10.4. The number of hydrogen-bond donors (Lipinski definition) is 2. The van der Waals surface area contributed by atoms with Crippen molar-refractivity contribution < 1.29 is 19.4 Å². The van der Waals surface area contributed by atoms with Gasteiger partial charge in [-0.3, -0.25) is 4.79 Å². The van der Waals surface area contributed by atoms with Crippen molar-refractivity contribution in [2.45, 2.75) is 6.10 Å². The van der Waals surface area contributed by atoms with Crippen molar-refractivity contribution in [2.24, 2.45) is 0 Å². The number of hydrogen-bond acceptors (Lipinski definition) is 4. The number of phenols is 1. The summed E-state index contributed by atoms with van der Waals surface area (Å²) in [6.07, 6.45) is 2.89. The molecule has 0 aromatic heterocycles. The number of phenolic OH excluding ortho intramolecular Hbond substituents is 1. The van der Waals surface area contributed by atoms with Gasteiger partial charge in [-0.1, -0.05) is 36.4 Å². The van der Waals surface area contributed by atoms with Gasteiger partial charge in [0.2, 0.25) is 5.91 Å². The molecule has 0 fully saturated rings. The van der Waals surface area contributed by atoms with E-state index in [4.69, 9.17) is 9.47 Å². The van der Waals surface area contributed by atoms with E-state index in [2.05, 4.69) is 5.32 Å². The fraction of sp³-hybridized carbons (Fsp3) is 0.211. The zero-order valence-electron chi connectivity index (χ0n) is 13.7. The minimum absolute atomic E-state index is 0.0601. The maximum atomic E-state index is 12.0. The first-order valence-electron chi connectivity index (χ1n) is 7.54. The number of amides is 1. The van der Waals surface area contributed by atoms with Crippen molar-refractivity contribution in [3.63, 3.8) is 0 Å². The SMILES string of the molecule is COc1cc(/C=C/C(=O)NC[C@@H](OC)c2ccccc2)ccc1O. The van der Waals surface area contributed by atoms with Gasteiger partial charge in [0.25, 0.3) is 0 Å². The van der Waals surface area contributed by atoms with Gasteiger partial charge in [-0.25, -0.2) is 0 Å². The topological polar surface area (TPSA) is 67.8 Å². The Morgan fingerprint density at radius 1 is 1.21 bits per heavy atom. The number of aromatic hydroxyl groups is 1. The Balaban J connectivity index is 1.93. The Morgan fingerprint density at radius 3 is 2.62 bits per heavy atom. The predicted molar refractivity (Wildman–Crippen MR) is 92.9 cm³/mol. The molecule has 0 radical (unpaired) electrons. The number of methoxy groups -OCH3 is 2. The largest absolute Gasteiger partial charge is 0.504 e. The highest BCUT2D eigenvalue weighted by molar-refractivity contribution is 5.91. The summed E-state index contributed by atoms with van der Waals surface area (Å²) in [5, 5.41) is 12.4. The van der Waals surface area contributed by atoms with Crippen LogP contribution in [0.25, 0.3) is 6.08 Å². The van der Waals surface area contributed by atoms with Crippen LogP contribution in [0.1, 0.15) is 17.2 Å². The van der Waals surface area contributed by atoms with Gasteiger partial charge in [-0.2, -0.15) is 0 Å². The fourth-order valence-corrected chi connectivity index (χ4v) is 2.23. The molecule has 24 heavy (non-hydrogen) atoms. The van der Waals surface area contributed by atoms with E-state index >= 15 is 0 Å². The second-order valence-corrected chi connectivity index (χ2v) is 5.14. The highest BCUT2D eigenvalue weighted by Crippen LogP contribution is 2.26. The lowest BCUT2D eigenvalue weighted by Gasteiger charge is -2.15. The molecule has 0 bridgehead atoms. The van der Waals surface area contributed by atoms with Crippen LogP contribution in [0.5, 0.6) is 11.5 Å². The third-order valence-corrected chi connectivity index (χ3v) is 3.55. The highest BCUT2D eigenvalue weighted by Gasteiger charge is 2.10. The molecule has 0 saturated heterocycles. The van der Waals surface area contributed by atoms with E-state index in [1.54, 1.807) is 25.3 Å². The average molecular weight is 327 g/mol. The minimum atomic E-state index is -0.222. The van der Waals surface area contributed by atoms with Gasteiger partial charge < -0.3 is 19.9 Å². The van der Waals surface area contributed by atoms with Gasteiger partial charge in [0.1, 0.15) is 0 Å². The molecule has 0 unspecified atom stereocenters. The Hall–Kier alpha value is -2.79. The number of carbonyl (C=O) groups is 1. The van der Waals surface area contributed by atoms with Crippen LogP contribution in [0, 0.1) is 0 Å². The van der Waals surface area contributed by atoms with Crippen LogP contribution < -0.4 is 10.1 Å². The number of carbonyl (C=O) groups excluding carboxylic acids is 1. The van der Waals surface area contributed by atoms with Crippen LogP contribution in [-0.2, 0) is 9.53 Å². The molecule has 0 saturated carbocycles. The Kier molecular flexibility index (Phi) is 6.40. The van der Waals surface area contributed by atoms with Gasteiger partial charge in [-0.05, 0) is 29.3 Å². The minimum Gasteiger partial charge on any atom is -0.504 e. The second-order valence-electron chi connectivity index (χ2n) is 5.14. The van der Waals surface area contributed by atoms with Crippen LogP contribution in [0.15, 0.2) is 54.6 Å². The molecule has 1 amide bonds. The van der Waals surface area contributed by atoms with E-state index in [0.29, 0.717) is 12.3 Å². The number of nitrogens with one attached hydrogen (secondary N) is 1. The van der Waals surface area contributed by atoms with Crippen molar-refractivity contribution >= 4 is 12.0 Å². The molecule has 5 heteroatoms. The molecule has 2 N–H and O–H groups in total. The fourth-order valence-electron chi connectivity index (χ4n) is 2.23. The van der Waals surface area contributed by atoms with E-state index in [0.717, 1.165) is 11.1 Å². The summed E-state index contributed by atoms with van der Waals surface area (Å²) in [5.74, 6) is 0.200. The maximum Gasteiger partial charge on any atom is 0.244 e. The van der Waals surface area contributed by atoms with Gasteiger partial charge in [0.15, 0.2) is 11.5 Å². The van der Waals surface area contributed by atoms with Crippen LogP contribution in [0.3, 0.4) is 0 Å². The molecular weight excluding hydrogens is 306 g/mol. The van der Waals surface area contributed by atoms with Crippen LogP contribution in [0.2, 0.25) is 0 Å². The molecule has 0 aliphatic rings. The highest BCUT2D eigenvalue weighted by atomic mass is 16.5. The third kappa shape index (κ3) is 4.86. The molecule has 2 aromatic rings. The van der Waals surface area contributed by atoms with Gasteiger partial charge in [-0.15, -0.1) is 0 Å². The number of rotatable bonds is 7. The molecule has 0 aliphatic carbocycles. The molecule has 2 aromatic carbocycles. The van der Waals surface area contributed by atoms with Crippen molar-refractivity contribution in [2.75, 3.05) is 20.8 Å². The smallest absolute Gasteiger partial charge is 0.244 e. The van der Waals surface area contributed by atoms with E-state index < -0.39 is 0 Å². The molecule has 0 aliphatic heterocycles. The first-order valence-corrected chi connectivity index (χ1v) is 7.54. The summed E-state index contributed by atoms with van der Waals surface area (Å²) in [6.45, 7) is 0.378. The summed E-state index contributed by atoms with van der Waals surface area (Å²) in [6, 6.07) is 14.6. The lowest BCUT2D eigenvalue weighted by Crippen LogP contribution is -2.27. The van der Waals surface area contributed by atoms with E-state index in [-0.39, 0.29) is 17.8 Å². The molecule has 1 atom stereocenters. The van der Waals surface area contributed by atoms with Crippen LogP contribution >= 0.6 is 0 Å². The Bertz CT molecular complexity index is 698. The zero-order chi connectivity index (χ0) is 17.4. The van der Waals surface area contributed by atoms with Crippen LogP contribution in [0.4, 0.5) is 0 Å². The maximum absolute atomic E-state index is 12.0.